The van der Waals surface area contributed by atoms with Gasteiger partial charge in [-0.05, 0) is 43.7 Å². The Morgan fingerprint density at radius 2 is 2.00 bits per heavy atom. The topological polar surface area (TPSA) is 24.9 Å². The second kappa shape index (κ2) is 5.52. The SMILES string of the molecule is Cc1cccc(NC2CCCCC2C(C)C)n1. The predicted molar refractivity (Wildman–Crippen MR) is 73.2 cm³/mol. The second-order valence-electron chi connectivity index (χ2n) is 5.61. The fraction of sp³-hybridized carbons (Fsp3) is 0.667. The fourth-order valence-electron chi connectivity index (χ4n) is 2.95. The van der Waals surface area contributed by atoms with Crippen LogP contribution in [0.2, 0.25) is 0 Å². The molecule has 2 unspecified atom stereocenters. The Hall–Kier alpha value is -1.05. The minimum Gasteiger partial charge on any atom is -0.367 e. The van der Waals surface area contributed by atoms with E-state index in [1.54, 1.807) is 0 Å². The van der Waals surface area contributed by atoms with Crippen molar-refractivity contribution in [1.82, 2.24) is 4.98 Å². The summed E-state index contributed by atoms with van der Waals surface area (Å²) in [7, 11) is 0. The van der Waals surface area contributed by atoms with Gasteiger partial charge in [-0.1, -0.05) is 32.8 Å². The maximum atomic E-state index is 4.55. The standard InChI is InChI=1S/C15H24N2/c1-11(2)13-8-4-5-9-14(13)17-15-10-6-7-12(3)16-15/h6-7,10-11,13-14H,4-5,8-9H2,1-3H3,(H,16,17). The molecule has 1 saturated carbocycles. The summed E-state index contributed by atoms with van der Waals surface area (Å²) in [5, 5.41) is 3.64. The molecule has 0 aliphatic heterocycles. The molecule has 2 atom stereocenters. The van der Waals surface area contributed by atoms with Gasteiger partial charge in [-0.2, -0.15) is 0 Å². The molecule has 1 aliphatic rings. The third kappa shape index (κ3) is 3.21. The minimum absolute atomic E-state index is 0.609. The van der Waals surface area contributed by atoms with Crippen LogP contribution in [0, 0.1) is 18.8 Å². The first-order chi connectivity index (χ1) is 8.16. The zero-order valence-corrected chi connectivity index (χ0v) is 11.2. The molecule has 1 aromatic heterocycles. The molecule has 17 heavy (non-hydrogen) atoms. The quantitative estimate of drug-likeness (QED) is 0.851. The maximum absolute atomic E-state index is 4.55. The van der Waals surface area contributed by atoms with Gasteiger partial charge < -0.3 is 5.32 Å². The Bertz CT molecular complexity index is 360. The lowest BCUT2D eigenvalue weighted by atomic mass is 9.78. The molecule has 0 amide bonds. The van der Waals surface area contributed by atoms with Crippen molar-refractivity contribution < 1.29 is 0 Å². The number of hydrogen-bond acceptors (Lipinski definition) is 2. The molecular formula is C15H24N2. The van der Waals surface area contributed by atoms with Gasteiger partial charge in [0.2, 0.25) is 0 Å². The fourth-order valence-corrected chi connectivity index (χ4v) is 2.95. The number of nitrogens with zero attached hydrogens (tertiary/aromatic N) is 1. The van der Waals surface area contributed by atoms with E-state index in [0.717, 1.165) is 23.3 Å². The molecule has 1 heterocycles. The van der Waals surface area contributed by atoms with Crippen LogP contribution in [0.1, 0.15) is 45.2 Å². The van der Waals surface area contributed by atoms with Crippen molar-refractivity contribution in [3.05, 3.63) is 23.9 Å². The van der Waals surface area contributed by atoms with E-state index in [0.29, 0.717) is 6.04 Å². The van der Waals surface area contributed by atoms with E-state index in [2.05, 4.69) is 36.3 Å². The molecule has 0 spiro atoms. The van der Waals surface area contributed by atoms with Gasteiger partial charge in [0.15, 0.2) is 0 Å². The maximum Gasteiger partial charge on any atom is 0.126 e. The first-order valence-electron chi connectivity index (χ1n) is 6.87. The first kappa shape index (κ1) is 12.4. The second-order valence-corrected chi connectivity index (χ2v) is 5.61. The van der Waals surface area contributed by atoms with Crippen LogP contribution in [0.15, 0.2) is 18.2 Å². The van der Waals surface area contributed by atoms with Gasteiger partial charge in [0.05, 0.1) is 0 Å². The molecule has 0 bridgehead atoms. The van der Waals surface area contributed by atoms with E-state index >= 15 is 0 Å². The number of aromatic nitrogens is 1. The van der Waals surface area contributed by atoms with Crippen LogP contribution in [0.4, 0.5) is 5.82 Å². The zero-order valence-electron chi connectivity index (χ0n) is 11.2. The van der Waals surface area contributed by atoms with Crippen molar-refractivity contribution in [1.29, 1.82) is 0 Å². The summed E-state index contributed by atoms with van der Waals surface area (Å²) in [6.45, 7) is 6.73. The van der Waals surface area contributed by atoms with Gasteiger partial charge in [-0.25, -0.2) is 4.98 Å². The van der Waals surface area contributed by atoms with Crippen molar-refractivity contribution in [2.45, 2.75) is 52.5 Å². The summed E-state index contributed by atoms with van der Waals surface area (Å²) in [5.74, 6) is 2.60. The molecule has 94 valence electrons. The third-order valence-electron chi connectivity index (χ3n) is 3.90. The largest absolute Gasteiger partial charge is 0.367 e. The zero-order chi connectivity index (χ0) is 12.3. The van der Waals surface area contributed by atoms with Crippen molar-refractivity contribution in [2.24, 2.45) is 11.8 Å². The van der Waals surface area contributed by atoms with Gasteiger partial charge in [-0.15, -0.1) is 0 Å². The van der Waals surface area contributed by atoms with Gasteiger partial charge in [-0.3, -0.25) is 0 Å². The third-order valence-corrected chi connectivity index (χ3v) is 3.90. The predicted octanol–water partition coefficient (Wildman–Crippen LogP) is 4.02. The van der Waals surface area contributed by atoms with Gasteiger partial charge >= 0.3 is 0 Å². The highest BCUT2D eigenvalue weighted by molar-refractivity contribution is 5.36. The van der Waals surface area contributed by atoms with Crippen LogP contribution < -0.4 is 5.32 Å². The number of hydrogen-bond donors (Lipinski definition) is 1. The lowest BCUT2D eigenvalue weighted by Gasteiger charge is -2.35. The Morgan fingerprint density at radius 1 is 1.24 bits per heavy atom. The average molecular weight is 232 g/mol. The number of aryl methyl sites for hydroxylation is 1. The van der Waals surface area contributed by atoms with Crippen LogP contribution in [0.5, 0.6) is 0 Å². The molecule has 0 saturated heterocycles. The van der Waals surface area contributed by atoms with Crippen LogP contribution in [0.3, 0.4) is 0 Å². The number of anilines is 1. The molecule has 1 aliphatic carbocycles. The van der Waals surface area contributed by atoms with Gasteiger partial charge in [0.25, 0.3) is 0 Å². The smallest absolute Gasteiger partial charge is 0.126 e. The molecule has 1 N–H and O–H groups in total. The van der Waals surface area contributed by atoms with E-state index in [1.165, 1.54) is 25.7 Å². The van der Waals surface area contributed by atoms with Crippen LogP contribution in [-0.4, -0.2) is 11.0 Å². The van der Waals surface area contributed by atoms with Crippen LogP contribution in [0.25, 0.3) is 0 Å². The number of pyridine rings is 1. The molecule has 2 rings (SSSR count). The Kier molecular flexibility index (Phi) is 4.03. The van der Waals surface area contributed by atoms with E-state index in [-0.39, 0.29) is 0 Å². The normalized spacial score (nSPS) is 24.9. The highest BCUT2D eigenvalue weighted by atomic mass is 15.0. The van der Waals surface area contributed by atoms with E-state index < -0.39 is 0 Å². The summed E-state index contributed by atoms with van der Waals surface area (Å²) in [6, 6.07) is 6.82. The summed E-state index contributed by atoms with van der Waals surface area (Å²) in [5.41, 5.74) is 1.09. The Balaban J connectivity index is 2.05. The summed E-state index contributed by atoms with van der Waals surface area (Å²) in [4.78, 5) is 4.55. The summed E-state index contributed by atoms with van der Waals surface area (Å²) < 4.78 is 0. The van der Waals surface area contributed by atoms with Crippen molar-refractivity contribution >= 4 is 5.82 Å². The molecule has 0 aromatic carbocycles. The summed E-state index contributed by atoms with van der Waals surface area (Å²) >= 11 is 0. The monoisotopic (exact) mass is 232 g/mol. The first-order valence-corrected chi connectivity index (χ1v) is 6.87. The van der Waals surface area contributed by atoms with E-state index in [1.807, 2.05) is 13.0 Å². The Labute approximate surface area is 105 Å². The molecular weight excluding hydrogens is 208 g/mol. The van der Waals surface area contributed by atoms with E-state index in [4.69, 9.17) is 0 Å². The minimum atomic E-state index is 0.609. The van der Waals surface area contributed by atoms with Crippen molar-refractivity contribution in [2.75, 3.05) is 5.32 Å². The highest BCUT2D eigenvalue weighted by Gasteiger charge is 2.27. The van der Waals surface area contributed by atoms with Gasteiger partial charge in [0, 0.05) is 11.7 Å². The lowest BCUT2D eigenvalue weighted by Crippen LogP contribution is -2.35. The van der Waals surface area contributed by atoms with Crippen molar-refractivity contribution in [3.63, 3.8) is 0 Å². The van der Waals surface area contributed by atoms with Crippen LogP contribution in [-0.2, 0) is 0 Å². The van der Waals surface area contributed by atoms with Gasteiger partial charge in [0.1, 0.15) is 5.82 Å². The van der Waals surface area contributed by atoms with Crippen molar-refractivity contribution in [3.8, 4) is 0 Å². The molecule has 2 nitrogen and oxygen atoms in total. The van der Waals surface area contributed by atoms with Crippen LogP contribution >= 0.6 is 0 Å². The molecule has 1 aromatic rings. The Morgan fingerprint density at radius 3 is 2.71 bits per heavy atom. The number of nitrogens with one attached hydrogen (secondary N) is 1. The molecule has 0 radical (unpaired) electrons. The molecule has 2 heteroatoms. The summed E-state index contributed by atoms with van der Waals surface area (Å²) in [6.07, 6.45) is 5.40. The van der Waals surface area contributed by atoms with E-state index in [9.17, 15) is 0 Å². The highest BCUT2D eigenvalue weighted by Crippen LogP contribution is 2.31. The lowest BCUT2D eigenvalue weighted by molar-refractivity contribution is 0.253. The number of rotatable bonds is 3. The molecule has 1 fully saturated rings. The average Bonchev–Trinajstić information content (AvgIpc) is 2.29.